The summed E-state index contributed by atoms with van der Waals surface area (Å²) in [5, 5.41) is 2.96. The zero-order valence-electron chi connectivity index (χ0n) is 9.93. The lowest BCUT2D eigenvalue weighted by Gasteiger charge is -2.14. The number of anilines is 1. The van der Waals surface area contributed by atoms with Gasteiger partial charge in [-0.25, -0.2) is 9.18 Å². The summed E-state index contributed by atoms with van der Waals surface area (Å²) in [5.41, 5.74) is 1.83. The van der Waals surface area contributed by atoms with Crippen molar-refractivity contribution in [3.05, 3.63) is 29.1 Å². The number of nitrogens with one attached hydrogen (secondary N) is 1. The molecule has 3 nitrogen and oxygen atoms in total. The van der Waals surface area contributed by atoms with Crippen molar-refractivity contribution in [2.75, 3.05) is 12.4 Å². The zero-order valence-corrected chi connectivity index (χ0v) is 9.93. The van der Waals surface area contributed by atoms with Gasteiger partial charge in [0.2, 0.25) is 0 Å². The van der Waals surface area contributed by atoms with E-state index in [1.165, 1.54) is 7.11 Å². The summed E-state index contributed by atoms with van der Waals surface area (Å²) in [6, 6.07) is 2.89. The van der Waals surface area contributed by atoms with Gasteiger partial charge in [-0.2, -0.15) is 0 Å². The van der Waals surface area contributed by atoms with Crippen LogP contribution in [0.5, 0.6) is 0 Å². The van der Waals surface area contributed by atoms with Crippen molar-refractivity contribution in [3.63, 3.8) is 0 Å². The van der Waals surface area contributed by atoms with Crippen LogP contribution < -0.4 is 5.32 Å². The molecule has 0 saturated carbocycles. The Bertz CT molecular complexity index is 381. The Morgan fingerprint density at radius 3 is 2.31 bits per heavy atom. The van der Waals surface area contributed by atoms with Crippen molar-refractivity contribution >= 4 is 11.7 Å². The Labute approximate surface area is 94.6 Å². The molecule has 1 aromatic rings. The van der Waals surface area contributed by atoms with Gasteiger partial charge in [0.15, 0.2) is 0 Å². The summed E-state index contributed by atoms with van der Waals surface area (Å²) in [7, 11) is 1.33. The van der Waals surface area contributed by atoms with Gasteiger partial charge in [0.25, 0.3) is 0 Å². The van der Waals surface area contributed by atoms with Gasteiger partial charge in [0.05, 0.1) is 7.11 Å². The third kappa shape index (κ3) is 2.72. The van der Waals surface area contributed by atoms with Gasteiger partial charge in [-0.1, -0.05) is 0 Å². The summed E-state index contributed by atoms with van der Waals surface area (Å²) in [6.07, 6.45) is 0. The number of hydrogen-bond donors (Lipinski definition) is 1. The van der Waals surface area contributed by atoms with Crippen LogP contribution >= 0.6 is 0 Å². The van der Waals surface area contributed by atoms with E-state index in [-0.39, 0.29) is 11.8 Å². The van der Waals surface area contributed by atoms with Crippen LogP contribution in [0.4, 0.5) is 10.1 Å². The summed E-state index contributed by atoms with van der Waals surface area (Å²) >= 11 is 0. The second-order valence-corrected chi connectivity index (χ2v) is 3.81. The molecule has 0 heterocycles. The average molecular weight is 225 g/mol. The number of esters is 1. The Morgan fingerprint density at radius 1 is 1.38 bits per heavy atom. The van der Waals surface area contributed by atoms with E-state index in [9.17, 15) is 9.18 Å². The molecule has 1 unspecified atom stereocenters. The van der Waals surface area contributed by atoms with Crippen LogP contribution in [0.3, 0.4) is 0 Å². The SMILES string of the molecule is COC(=O)C(C)Nc1cc(C)c(F)c(C)c1. The predicted molar refractivity (Wildman–Crippen MR) is 61.0 cm³/mol. The highest BCUT2D eigenvalue weighted by Crippen LogP contribution is 2.19. The van der Waals surface area contributed by atoms with Crippen molar-refractivity contribution in [1.82, 2.24) is 0 Å². The minimum absolute atomic E-state index is 0.212. The minimum Gasteiger partial charge on any atom is -0.467 e. The van der Waals surface area contributed by atoms with Crippen LogP contribution in [0.15, 0.2) is 12.1 Å². The van der Waals surface area contributed by atoms with E-state index in [1.807, 2.05) is 0 Å². The van der Waals surface area contributed by atoms with Crippen molar-refractivity contribution in [2.45, 2.75) is 26.8 Å². The summed E-state index contributed by atoms with van der Waals surface area (Å²) in [4.78, 5) is 11.2. The first-order valence-electron chi connectivity index (χ1n) is 5.06. The number of ether oxygens (including phenoxy) is 1. The van der Waals surface area contributed by atoms with Crippen molar-refractivity contribution in [3.8, 4) is 0 Å². The number of halogens is 1. The number of benzene rings is 1. The lowest BCUT2D eigenvalue weighted by molar-refractivity contribution is -0.141. The van der Waals surface area contributed by atoms with E-state index in [2.05, 4.69) is 10.1 Å². The van der Waals surface area contributed by atoms with Gasteiger partial charge in [-0.3, -0.25) is 0 Å². The van der Waals surface area contributed by atoms with E-state index in [0.29, 0.717) is 16.8 Å². The highest BCUT2D eigenvalue weighted by molar-refractivity contribution is 5.78. The molecule has 0 aliphatic heterocycles. The predicted octanol–water partition coefficient (Wildman–Crippen LogP) is 2.42. The average Bonchev–Trinajstić information content (AvgIpc) is 2.24. The first kappa shape index (κ1) is 12.5. The van der Waals surface area contributed by atoms with Gasteiger partial charge >= 0.3 is 5.97 Å². The molecule has 1 aromatic carbocycles. The quantitative estimate of drug-likeness (QED) is 0.803. The standard InChI is InChI=1S/C12H16FNO2/c1-7-5-10(6-8(2)11(7)13)14-9(3)12(15)16-4/h5-6,9,14H,1-4H3. The van der Waals surface area contributed by atoms with Gasteiger partial charge in [-0.05, 0) is 44.0 Å². The van der Waals surface area contributed by atoms with Gasteiger partial charge in [0, 0.05) is 5.69 Å². The topological polar surface area (TPSA) is 38.3 Å². The fourth-order valence-electron chi connectivity index (χ4n) is 1.51. The maximum Gasteiger partial charge on any atom is 0.327 e. The monoisotopic (exact) mass is 225 g/mol. The van der Waals surface area contributed by atoms with E-state index < -0.39 is 6.04 Å². The second-order valence-electron chi connectivity index (χ2n) is 3.81. The third-order valence-corrected chi connectivity index (χ3v) is 2.37. The van der Waals surface area contributed by atoms with Gasteiger partial charge < -0.3 is 10.1 Å². The molecular weight excluding hydrogens is 209 g/mol. The normalized spacial score (nSPS) is 12.1. The lowest BCUT2D eigenvalue weighted by Crippen LogP contribution is -2.27. The van der Waals surface area contributed by atoms with E-state index in [1.54, 1.807) is 32.9 Å². The Hall–Kier alpha value is -1.58. The van der Waals surface area contributed by atoms with E-state index >= 15 is 0 Å². The fourth-order valence-corrected chi connectivity index (χ4v) is 1.51. The smallest absolute Gasteiger partial charge is 0.327 e. The number of aryl methyl sites for hydroxylation is 2. The van der Waals surface area contributed by atoms with Crippen LogP contribution in [0.25, 0.3) is 0 Å². The molecule has 0 amide bonds. The molecule has 0 radical (unpaired) electrons. The fraction of sp³-hybridized carbons (Fsp3) is 0.417. The van der Waals surface area contributed by atoms with E-state index in [4.69, 9.17) is 0 Å². The number of rotatable bonds is 3. The number of hydrogen-bond acceptors (Lipinski definition) is 3. The van der Waals surface area contributed by atoms with Crippen LogP contribution in [0, 0.1) is 19.7 Å². The maximum atomic E-state index is 13.4. The molecule has 0 aliphatic rings. The highest BCUT2D eigenvalue weighted by Gasteiger charge is 2.13. The third-order valence-electron chi connectivity index (χ3n) is 2.37. The highest BCUT2D eigenvalue weighted by atomic mass is 19.1. The van der Waals surface area contributed by atoms with Crippen LogP contribution in [0.1, 0.15) is 18.1 Å². The van der Waals surface area contributed by atoms with E-state index in [0.717, 1.165) is 0 Å². The second kappa shape index (κ2) is 4.96. The summed E-state index contributed by atoms with van der Waals surface area (Å²) in [6.45, 7) is 5.08. The van der Waals surface area contributed by atoms with Crippen molar-refractivity contribution in [1.29, 1.82) is 0 Å². The van der Waals surface area contributed by atoms with Crippen LogP contribution in [-0.2, 0) is 9.53 Å². The molecule has 1 N–H and O–H groups in total. The minimum atomic E-state index is -0.450. The molecule has 16 heavy (non-hydrogen) atoms. The Balaban J connectivity index is 2.86. The molecule has 0 aromatic heterocycles. The Morgan fingerprint density at radius 2 is 1.88 bits per heavy atom. The number of carbonyl (C=O) groups is 1. The first-order valence-corrected chi connectivity index (χ1v) is 5.06. The molecule has 0 saturated heterocycles. The molecule has 0 bridgehead atoms. The van der Waals surface area contributed by atoms with Crippen LogP contribution in [0.2, 0.25) is 0 Å². The Kier molecular flexibility index (Phi) is 3.88. The summed E-state index contributed by atoms with van der Waals surface area (Å²) in [5.74, 6) is -0.559. The maximum absolute atomic E-state index is 13.4. The molecule has 88 valence electrons. The van der Waals surface area contributed by atoms with Crippen molar-refractivity contribution in [2.24, 2.45) is 0 Å². The molecule has 0 fully saturated rings. The molecule has 1 atom stereocenters. The molecule has 1 rings (SSSR count). The largest absolute Gasteiger partial charge is 0.467 e. The molecular formula is C12H16FNO2. The summed E-state index contributed by atoms with van der Waals surface area (Å²) < 4.78 is 17.9. The van der Waals surface area contributed by atoms with Gasteiger partial charge in [-0.15, -0.1) is 0 Å². The number of methoxy groups -OCH3 is 1. The molecule has 4 heteroatoms. The first-order chi connectivity index (χ1) is 7.45. The van der Waals surface area contributed by atoms with Crippen molar-refractivity contribution < 1.29 is 13.9 Å². The van der Waals surface area contributed by atoms with Crippen LogP contribution in [-0.4, -0.2) is 19.1 Å². The zero-order chi connectivity index (χ0) is 12.3. The lowest BCUT2D eigenvalue weighted by atomic mass is 10.1. The molecule has 0 spiro atoms. The number of carbonyl (C=O) groups excluding carboxylic acids is 1. The van der Waals surface area contributed by atoms with Gasteiger partial charge in [0.1, 0.15) is 11.9 Å². The molecule has 0 aliphatic carbocycles.